The van der Waals surface area contributed by atoms with Crippen LogP contribution in [0.1, 0.15) is 12.5 Å². The van der Waals surface area contributed by atoms with E-state index < -0.39 is 0 Å². The summed E-state index contributed by atoms with van der Waals surface area (Å²) in [6.45, 7) is 4.93. The van der Waals surface area contributed by atoms with E-state index in [0.717, 1.165) is 32.4 Å². The minimum absolute atomic E-state index is 0.0463. The Morgan fingerprint density at radius 1 is 1.37 bits per heavy atom. The van der Waals surface area contributed by atoms with Crippen LogP contribution in [0, 0.1) is 6.92 Å². The average Bonchev–Trinajstić information content (AvgIpc) is 3.05. The van der Waals surface area contributed by atoms with Crippen LogP contribution in [-0.2, 0) is 11.8 Å². The molecule has 160 valence electrons. The number of nitrogens with one attached hydrogen (secondary N) is 2. The minimum atomic E-state index is -0.0463. The smallest absolute Gasteiger partial charge is 0.239 e. The van der Waals surface area contributed by atoms with Gasteiger partial charge in [-0.3, -0.25) is 4.79 Å². The molecule has 0 atom stereocenters. The van der Waals surface area contributed by atoms with Gasteiger partial charge < -0.3 is 24.8 Å². The van der Waals surface area contributed by atoms with Gasteiger partial charge >= 0.3 is 0 Å². The number of halogens is 2. The molecular weight excluding hydrogens is 470 g/mol. The largest absolute Gasteiger partial charge is 0.495 e. The number of aromatic nitrogens is 2. The van der Waals surface area contributed by atoms with Crippen LogP contribution < -0.4 is 20.3 Å². The number of methoxy groups -OCH3 is 1. The molecule has 0 spiro atoms. The maximum atomic E-state index is 12.0. The first-order valence-electron chi connectivity index (χ1n) is 9.52. The molecule has 0 saturated heterocycles. The summed E-state index contributed by atoms with van der Waals surface area (Å²) in [4.78, 5) is 18.8. The van der Waals surface area contributed by atoms with Gasteiger partial charge in [0.2, 0.25) is 11.9 Å². The van der Waals surface area contributed by atoms with Crippen LogP contribution >= 0.6 is 27.5 Å². The Balaban J connectivity index is 2.13. The lowest BCUT2D eigenvalue weighted by atomic mass is 10.2. The van der Waals surface area contributed by atoms with Crippen molar-refractivity contribution in [2.24, 2.45) is 7.05 Å². The molecule has 0 saturated carbocycles. The van der Waals surface area contributed by atoms with Gasteiger partial charge in [-0.2, -0.15) is 0 Å². The summed E-state index contributed by atoms with van der Waals surface area (Å²) in [6.07, 6.45) is 0. The van der Waals surface area contributed by atoms with Crippen LogP contribution in [0.4, 0.5) is 17.3 Å². The zero-order valence-corrected chi connectivity index (χ0v) is 20.0. The fourth-order valence-corrected chi connectivity index (χ4v) is 4.07. The number of carbonyl (C=O) groups is 1. The Morgan fingerprint density at radius 2 is 2.10 bits per heavy atom. The number of ether oxygens (including phenoxy) is 1. The molecule has 3 rings (SSSR count). The SMILES string of the molecule is CCN(CC(=O)NC)c1ccc(Br)c2nc(Nc3c(C)cc(Cl)cc3OC)n(C)c12. The predicted octanol–water partition coefficient (Wildman–Crippen LogP) is 4.62. The van der Waals surface area contributed by atoms with E-state index in [1.54, 1.807) is 20.2 Å². The molecule has 1 amide bonds. The summed E-state index contributed by atoms with van der Waals surface area (Å²) in [5, 5.41) is 6.68. The van der Waals surface area contributed by atoms with E-state index in [-0.39, 0.29) is 12.5 Å². The third-order valence-electron chi connectivity index (χ3n) is 5.01. The number of imidazole rings is 1. The van der Waals surface area contributed by atoms with Crippen molar-refractivity contribution in [3.63, 3.8) is 0 Å². The number of rotatable bonds is 7. The summed E-state index contributed by atoms with van der Waals surface area (Å²) in [7, 11) is 5.19. The number of carbonyl (C=O) groups excluding carboxylic acids is 1. The number of hydrogen-bond donors (Lipinski definition) is 2. The molecule has 0 bridgehead atoms. The quantitative estimate of drug-likeness (QED) is 0.501. The molecule has 3 aromatic rings. The summed E-state index contributed by atoms with van der Waals surface area (Å²) >= 11 is 9.78. The van der Waals surface area contributed by atoms with Crippen molar-refractivity contribution >= 4 is 61.8 Å². The van der Waals surface area contributed by atoms with Crippen molar-refractivity contribution in [2.45, 2.75) is 13.8 Å². The highest BCUT2D eigenvalue weighted by Crippen LogP contribution is 2.37. The lowest BCUT2D eigenvalue weighted by Crippen LogP contribution is -2.35. The standard InChI is InChI=1S/C21H25BrClN5O2/c1-6-28(11-17(29)24-3)15-8-7-14(22)19-20(15)27(4)21(26-19)25-18-12(2)9-13(23)10-16(18)30-5/h7-10H,6,11H2,1-5H3,(H,24,29)(H,25,26). The van der Waals surface area contributed by atoms with Crippen LogP contribution in [0.3, 0.4) is 0 Å². The van der Waals surface area contributed by atoms with E-state index in [4.69, 9.17) is 21.3 Å². The van der Waals surface area contributed by atoms with Crippen molar-refractivity contribution < 1.29 is 9.53 Å². The van der Waals surface area contributed by atoms with Crippen molar-refractivity contribution in [2.75, 3.05) is 37.5 Å². The maximum Gasteiger partial charge on any atom is 0.239 e. The molecule has 2 aromatic carbocycles. The second-order valence-electron chi connectivity index (χ2n) is 6.87. The Morgan fingerprint density at radius 3 is 2.73 bits per heavy atom. The maximum absolute atomic E-state index is 12.0. The van der Waals surface area contributed by atoms with Crippen LogP contribution in [-0.4, -0.2) is 42.7 Å². The number of benzene rings is 2. The molecule has 0 aliphatic heterocycles. The normalized spacial score (nSPS) is 10.9. The molecule has 0 unspecified atom stereocenters. The van der Waals surface area contributed by atoms with Crippen LogP contribution in [0.25, 0.3) is 11.0 Å². The number of aryl methyl sites for hydroxylation is 2. The van der Waals surface area contributed by atoms with Gasteiger partial charge in [0.25, 0.3) is 0 Å². The van der Waals surface area contributed by atoms with E-state index in [1.807, 2.05) is 48.6 Å². The lowest BCUT2D eigenvalue weighted by molar-refractivity contribution is -0.119. The van der Waals surface area contributed by atoms with E-state index in [2.05, 4.69) is 26.6 Å². The summed E-state index contributed by atoms with van der Waals surface area (Å²) in [6, 6.07) is 7.59. The van der Waals surface area contributed by atoms with Gasteiger partial charge in [0.05, 0.1) is 30.5 Å². The number of hydrogen-bond acceptors (Lipinski definition) is 5. The van der Waals surface area contributed by atoms with E-state index in [1.165, 1.54) is 0 Å². The summed E-state index contributed by atoms with van der Waals surface area (Å²) in [5.74, 6) is 1.24. The van der Waals surface area contributed by atoms with E-state index in [9.17, 15) is 4.79 Å². The topological polar surface area (TPSA) is 71.4 Å². The number of amides is 1. The molecule has 1 aromatic heterocycles. The zero-order valence-electron chi connectivity index (χ0n) is 17.6. The van der Waals surface area contributed by atoms with E-state index >= 15 is 0 Å². The van der Waals surface area contributed by atoms with Gasteiger partial charge in [0.15, 0.2) is 0 Å². The van der Waals surface area contributed by atoms with Gasteiger partial charge in [-0.15, -0.1) is 0 Å². The molecule has 2 N–H and O–H groups in total. The highest BCUT2D eigenvalue weighted by molar-refractivity contribution is 9.10. The van der Waals surface area contributed by atoms with Crippen molar-refractivity contribution in [3.05, 3.63) is 39.3 Å². The van der Waals surface area contributed by atoms with Gasteiger partial charge in [-0.1, -0.05) is 11.6 Å². The first-order chi connectivity index (χ1) is 14.3. The van der Waals surface area contributed by atoms with Crippen LogP contribution in [0.5, 0.6) is 5.75 Å². The molecule has 30 heavy (non-hydrogen) atoms. The van der Waals surface area contributed by atoms with Crippen LogP contribution in [0.2, 0.25) is 5.02 Å². The minimum Gasteiger partial charge on any atom is -0.495 e. The third kappa shape index (κ3) is 4.20. The Labute approximate surface area is 189 Å². The van der Waals surface area contributed by atoms with Crippen LogP contribution in [0.15, 0.2) is 28.7 Å². The number of anilines is 3. The molecule has 0 fully saturated rings. The van der Waals surface area contributed by atoms with E-state index in [0.29, 0.717) is 23.3 Å². The number of likely N-dealkylation sites (N-methyl/N-ethyl adjacent to an activating group) is 2. The van der Waals surface area contributed by atoms with Gasteiger partial charge in [-0.05, 0) is 53.5 Å². The van der Waals surface area contributed by atoms with Gasteiger partial charge in [0.1, 0.15) is 11.3 Å². The third-order valence-corrected chi connectivity index (χ3v) is 5.87. The lowest BCUT2D eigenvalue weighted by Gasteiger charge is -2.23. The summed E-state index contributed by atoms with van der Waals surface area (Å²) < 4.78 is 8.36. The monoisotopic (exact) mass is 493 g/mol. The predicted molar refractivity (Wildman–Crippen MR) is 126 cm³/mol. The highest BCUT2D eigenvalue weighted by atomic mass is 79.9. The second kappa shape index (κ2) is 9.14. The molecule has 0 aliphatic rings. The molecular formula is C21H25BrClN5O2. The first kappa shape index (κ1) is 22.2. The Kier molecular flexibility index (Phi) is 6.77. The fourth-order valence-electron chi connectivity index (χ4n) is 3.40. The zero-order chi connectivity index (χ0) is 22.0. The van der Waals surface area contributed by atoms with Crippen molar-refractivity contribution in [3.8, 4) is 5.75 Å². The average molecular weight is 495 g/mol. The Bertz CT molecular complexity index is 1100. The summed E-state index contributed by atoms with van der Waals surface area (Å²) in [5.41, 5.74) is 4.40. The van der Waals surface area contributed by atoms with Crippen molar-refractivity contribution in [1.82, 2.24) is 14.9 Å². The van der Waals surface area contributed by atoms with Gasteiger partial charge in [0, 0.05) is 36.2 Å². The Hall–Kier alpha value is -2.45. The molecule has 7 nitrogen and oxygen atoms in total. The highest BCUT2D eigenvalue weighted by Gasteiger charge is 2.20. The number of nitrogens with zero attached hydrogens (tertiary/aromatic N) is 3. The first-order valence-corrected chi connectivity index (χ1v) is 10.7. The molecule has 9 heteroatoms. The molecule has 0 radical (unpaired) electrons. The molecule has 0 aliphatic carbocycles. The number of fused-ring (bicyclic) bond motifs is 1. The molecule has 1 heterocycles. The van der Waals surface area contributed by atoms with Gasteiger partial charge in [-0.25, -0.2) is 4.98 Å². The second-order valence-corrected chi connectivity index (χ2v) is 8.16. The fraction of sp³-hybridized carbons (Fsp3) is 0.333. The van der Waals surface area contributed by atoms with Crippen molar-refractivity contribution in [1.29, 1.82) is 0 Å².